The third kappa shape index (κ3) is 4.36. The Balaban J connectivity index is 1.16. The lowest BCUT2D eigenvalue weighted by atomic mass is 10.2. The van der Waals surface area contributed by atoms with Crippen molar-refractivity contribution in [2.75, 3.05) is 26.2 Å². The van der Waals surface area contributed by atoms with E-state index in [0.29, 0.717) is 12.0 Å². The van der Waals surface area contributed by atoms with Gasteiger partial charge in [0.15, 0.2) is 5.16 Å². The smallest absolute Gasteiger partial charge is 0.235 e. The van der Waals surface area contributed by atoms with Gasteiger partial charge in [0.05, 0.1) is 5.25 Å². The Hall–Kier alpha value is -1.86. The van der Waals surface area contributed by atoms with Crippen molar-refractivity contribution in [1.29, 1.82) is 0 Å². The van der Waals surface area contributed by atoms with Crippen molar-refractivity contribution in [1.82, 2.24) is 24.6 Å². The number of carbonyl (C=O) groups is 1. The molecule has 5 rings (SSSR count). The Bertz CT molecular complexity index is 853. The molecule has 3 aliphatic rings. The van der Waals surface area contributed by atoms with Gasteiger partial charge in [-0.15, -0.1) is 10.2 Å². The van der Waals surface area contributed by atoms with Crippen LogP contribution in [0.1, 0.15) is 56.0 Å². The average Bonchev–Trinajstić information content (AvgIpc) is 3.68. The van der Waals surface area contributed by atoms with Crippen molar-refractivity contribution >= 4 is 17.7 Å². The summed E-state index contributed by atoms with van der Waals surface area (Å²) in [4.78, 5) is 17.5. The van der Waals surface area contributed by atoms with Crippen LogP contribution < -0.4 is 0 Å². The molecule has 1 aromatic carbocycles. The van der Waals surface area contributed by atoms with E-state index in [-0.39, 0.29) is 11.2 Å². The second-order valence-electron chi connectivity index (χ2n) is 8.56. The van der Waals surface area contributed by atoms with Crippen molar-refractivity contribution in [2.45, 2.75) is 61.5 Å². The molecule has 0 spiro atoms. The highest BCUT2D eigenvalue weighted by atomic mass is 32.2. The minimum Gasteiger partial charge on any atom is -0.339 e. The van der Waals surface area contributed by atoms with Crippen molar-refractivity contribution in [2.24, 2.45) is 0 Å². The lowest BCUT2D eigenvalue weighted by Gasteiger charge is -2.35. The first-order valence-corrected chi connectivity index (χ1v) is 11.7. The molecule has 1 aromatic heterocycles. The summed E-state index contributed by atoms with van der Waals surface area (Å²) < 4.78 is 2.34. The number of nitrogens with zero attached hydrogens (tertiary/aromatic N) is 5. The van der Waals surface area contributed by atoms with Crippen LogP contribution in [0.3, 0.4) is 0 Å². The van der Waals surface area contributed by atoms with Crippen LogP contribution in [0.15, 0.2) is 35.5 Å². The predicted octanol–water partition coefficient (Wildman–Crippen LogP) is 3.32. The standard InChI is InChI=1S/C22H29N5OS/c1-16(29-22-24-23-20(18-7-8-18)27(22)19-9-10-19)21(28)26-13-11-25(12-14-26)15-17-5-3-2-4-6-17/h2-6,16,18-19H,7-15H2,1H3/t16-/m0/s1. The van der Waals surface area contributed by atoms with E-state index in [2.05, 4.69) is 50.0 Å². The van der Waals surface area contributed by atoms with E-state index < -0.39 is 0 Å². The molecule has 2 aliphatic carbocycles. The fraction of sp³-hybridized carbons (Fsp3) is 0.591. The second-order valence-corrected chi connectivity index (χ2v) is 9.87. The maximum atomic E-state index is 13.0. The van der Waals surface area contributed by atoms with Gasteiger partial charge in [0.25, 0.3) is 0 Å². The van der Waals surface area contributed by atoms with Crippen molar-refractivity contribution < 1.29 is 4.79 Å². The SMILES string of the molecule is C[C@H](Sc1nnc(C2CC2)n1C1CC1)C(=O)N1CCN(Cc2ccccc2)CC1. The van der Waals surface area contributed by atoms with Crippen LogP contribution in [-0.4, -0.2) is 61.9 Å². The summed E-state index contributed by atoms with van der Waals surface area (Å²) in [6, 6.07) is 11.1. The Kier molecular flexibility index (Phi) is 5.35. The Morgan fingerprint density at radius 1 is 1.07 bits per heavy atom. The summed E-state index contributed by atoms with van der Waals surface area (Å²) in [5.41, 5.74) is 1.34. The first-order chi connectivity index (χ1) is 14.2. The van der Waals surface area contributed by atoms with Crippen LogP contribution >= 0.6 is 11.8 Å². The van der Waals surface area contributed by atoms with Crippen LogP contribution in [-0.2, 0) is 11.3 Å². The number of piperazine rings is 1. The maximum Gasteiger partial charge on any atom is 0.235 e. The molecule has 6 nitrogen and oxygen atoms in total. The molecule has 29 heavy (non-hydrogen) atoms. The molecule has 2 saturated carbocycles. The molecule has 2 aromatic rings. The average molecular weight is 412 g/mol. The summed E-state index contributed by atoms with van der Waals surface area (Å²) in [6.07, 6.45) is 4.91. The molecule has 1 saturated heterocycles. The molecule has 0 N–H and O–H groups in total. The van der Waals surface area contributed by atoms with Gasteiger partial charge in [-0.25, -0.2) is 0 Å². The number of thioether (sulfide) groups is 1. The summed E-state index contributed by atoms with van der Waals surface area (Å²) >= 11 is 1.59. The highest BCUT2D eigenvalue weighted by Gasteiger charge is 2.37. The molecule has 154 valence electrons. The number of amides is 1. The number of hydrogen-bond donors (Lipinski definition) is 0. The van der Waals surface area contributed by atoms with E-state index in [4.69, 9.17) is 0 Å². The van der Waals surface area contributed by atoms with E-state index in [1.807, 2.05) is 11.8 Å². The van der Waals surface area contributed by atoms with Gasteiger partial charge in [-0.3, -0.25) is 9.69 Å². The maximum absolute atomic E-state index is 13.0. The van der Waals surface area contributed by atoms with Gasteiger partial charge in [0, 0.05) is 44.7 Å². The van der Waals surface area contributed by atoms with Gasteiger partial charge in [-0.1, -0.05) is 42.1 Å². The van der Waals surface area contributed by atoms with E-state index in [1.54, 1.807) is 11.8 Å². The molecular formula is C22H29N5OS. The zero-order valence-corrected chi connectivity index (χ0v) is 17.9. The van der Waals surface area contributed by atoms with Crippen LogP contribution in [0.2, 0.25) is 0 Å². The van der Waals surface area contributed by atoms with Gasteiger partial charge < -0.3 is 9.47 Å². The highest BCUT2D eigenvalue weighted by Crippen LogP contribution is 2.46. The molecule has 2 heterocycles. The van der Waals surface area contributed by atoms with Crippen LogP contribution in [0.5, 0.6) is 0 Å². The van der Waals surface area contributed by atoms with Crippen molar-refractivity contribution in [3.63, 3.8) is 0 Å². The first-order valence-electron chi connectivity index (χ1n) is 10.9. The van der Waals surface area contributed by atoms with Gasteiger partial charge in [0.1, 0.15) is 5.82 Å². The molecule has 1 amide bonds. The summed E-state index contributed by atoms with van der Waals surface area (Å²) in [6.45, 7) is 6.45. The minimum absolute atomic E-state index is 0.121. The minimum atomic E-state index is -0.121. The van der Waals surface area contributed by atoms with Crippen molar-refractivity contribution in [3.8, 4) is 0 Å². The summed E-state index contributed by atoms with van der Waals surface area (Å²) in [5, 5.41) is 9.76. The van der Waals surface area contributed by atoms with Gasteiger partial charge in [-0.2, -0.15) is 0 Å². The quantitative estimate of drug-likeness (QED) is 0.654. The number of hydrogen-bond acceptors (Lipinski definition) is 5. The summed E-state index contributed by atoms with van der Waals surface area (Å²) in [7, 11) is 0. The van der Waals surface area contributed by atoms with Crippen LogP contribution in [0.25, 0.3) is 0 Å². The highest BCUT2D eigenvalue weighted by molar-refractivity contribution is 8.00. The third-order valence-corrected chi connectivity index (χ3v) is 7.15. The van der Waals surface area contributed by atoms with Crippen molar-refractivity contribution in [3.05, 3.63) is 41.7 Å². The number of rotatable bonds is 7. The number of aromatic nitrogens is 3. The number of benzene rings is 1. The van der Waals surface area contributed by atoms with E-state index in [9.17, 15) is 4.79 Å². The lowest BCUT2D eigenvalue weighted by Crippen LogP contribution is -2.50. The molecule has 0 bridgehead atoms. The van der Waals surface area contributed by atoms with E-state index in [0.717, 1.165) is 43.7 Å². The normalized spacial score (nSPS) is 21.3. The molecular weight excluding hydrogens is 382 g/mol. The fourth-order valence-electron chi connectivity index (χ4n) is 4.10. The monoisotopic (exact) mass is 411 g/mol. The Labute approximate surface area is 176 Å². The lowest BCUT2D eigenvalue weighted by molar-refractivity contribution is -0.132. The zero-order valence-electron chi connectivity index (χ0n) is 17.0. The molecule has 1 aliphatic heterocycles. The zero-order chi connectivity index (χ0) is 19.8. The fourth-order valence-corrected chi connectivity index (χ4v) is 5.11. The van der Waals surface area contributed by atoms with Gasteiger partial charge in [-0.05, 0) is 38.2 Å². The number of carbonyl (C=O) groups excluding carboxylic acids is 1. The van der Waals surface area contributed by atoms with E-state index >= 15 is 0 Å². The molecule has 0 radical (unpaired) electrons. The van der Waals surface area contributed by atoms with Crippen LogP contribution in [0, 0.1) is 0 Å². The Morgan fingerprint density at radius 3 is 2.45 bits per heavy atom. The topological polar surface area (TPSA) is 54.3 Å². The van der Waals surface area contributed by atoms with E-state index in [1.165, 1.54) is 31.2 Å². The second kappa shape index (κ2) is 8.11. The first kappa shape index (κ1) is 19.1. The largest absolute Gasteiger partial charge is 0.339 e. The molecule has 1 atom stereocenters. The van der Waals surface area contributed by atoms with Crippen LogP contribution in [0.4, 0.5) is 0 Å². The Morgan fingerprint density at radius 2 is 1.79 bits per heavy atom. The van der Waals surface area contributed by atoms with Gasteiger partial charge >= 0.3 is 0 Å². The molecule has 3 fully saturated rings. The molecule has 0 unspecified atom stereocenters. The summed E-state index contributed by atoms with van der Waals surface area (Å²) in [5.74, 6) is 1.98. The molecule has 7 heteroatoms. The third-order valence-electron chi connectivity index (χ3n) is 6.11. The predicted molar refractivity (Wildman–Crippen MR) is 114 cm³/mol. The van der Waals surface area contributed by atoms with Gasteiger partial charge in [0.2, 0.25) is 5.91 Å².